The average molecular weight is 545 g/mol. The van der Waals surface area contributed by atoms with Crippen LogP contribution in [0.15, 0.2) is 0 Å². The molecule has 0 radical (unpaired) electrons. The van der Waals surface area contributed by atoms with Crippen LogP contribution < -0.4 is 0 Å². The Kier molecular flexibility index (Phi) is 24.2. The molecule has 0 aliphatic carbocycles. The normalized spacial score (nSPS) is 14.5. The van der Waals surface area contributed by atoms with E-state index in [1.807, 2.05) is 6.55 Å². The van der Waals surface area contributed by atoms with Gasteiger partial charge in [0.1, 0.15) is 62.9 Å². The molecule has 0 rings (SSSR count). The van der Waals surface area contributed by atoms with Crippen molar-refractivity contribution in [2.24, 2.45) is 0 Å². The van der Waals surface area contributed by atoms with Crippen molar-refractivity contribution in [1.29, 1.82) is 0 Å². The topological polar surface area (TPSA) is 55.4 Å². The van der Waals surface area contributed by atoms with Gasteiger partial charge in [0.2, 0.25) is 0 Å². The first kappa shape index (κ1) is 35.4. The highest BCUT2D eigenvalue weighted by Gasteiger charge is 2.26. The molecule has 0 aliphatic rings. The summed E-state index contributed by atoms with van der Waals surface area (Å²) in [6.45, 7) is 21.9. The lowest BCUT2D eigenvalue weighted by molar-refractivity contribution is 0.307. The van der Waals surface area contributed by atoms with Crippen LogP contribution in [0.1, 0.15) is 0 Å². The molecule has 26 heavy (non-hydrogen) atoms. The van der Waals surface area contributed by atoms with Crippen molar-refractivity contribution in [1.82, 2.24) is 0 Å². The molecule has 0 amide bonds. The first-order valence-corrected chi connectivity index (χ1v) is 26.0. The quantitative estimate of drug-likeness (QED) is 0.328. The van der Waals surface area contributed by atoms with Gasteiger partial charge in [-0.2, -0.15) is 0 Å². The molecule has 0 saturated carbocycles. The second kappa shape index (κ2) is 17.8. The third-order valence-electron chi connectivity index (χ3n) is 2.71. The largest absolute Gasteiger partial charge is 0.464 e. The summed E-state index contributed by atoms with van der Waals surface area (Å²) < 4.78 is 31.0. The minimum absolute atomic E-state index is 0.611. The maximum atomic E-state index is 5.22. The fraction of sp³-hybridized carbons (Fsp3) is 1.00. The highest BCUT2D eigenvalue weighted by molar-refractivity contribution is 6.74. The Morgan fingerprint density at radius 1 is 0.423 bits per heavy atom. The van der Waals surface area contributed by atoms with Crippen molar-refractivity contribution in [3.05, 3.63) is 0 Å². The zero-order valence-corrected chi connectivity index (χ0v) is 36.4. The number of hydrogen-bond donors (Lipinski definition) is 0. The van der Waals surface area contributed by atoms with E-state index < -0.39 is 33.8 Å². The Balaban J connectivity index is -0.000000126. The molecule has 0 atom stereocenters. The Morgan fingerprint density at radius 3 is 0.615 bits per heavy atom. The van der Waals surface area contributed by atoms with Crippen molar-refractivity contribution in [3.8, 4) is 0 Å². The van der Waals surface area contributed by atoms with Crippen LogP contribution in [0.2, 0.25) is 65.5 Å². The molecule has 0 unspecified atom stereocenters. The predicted octanol–water partition coefficient (Wildman–Crippen LogP) is -3.20. The van der Waals surface area contributed by atoms with Gasteiger partial charge in [-0.25, -0.2) is 0 Å². The molecule has 16 heteroatoms. The lowest BCUT2D eigenvalue weighted by atomic mass is 11.8. The van der Waals surface area contributed by atoms with Crippen molar-refractivity contribution in [3.63, 3.8) is 0 Å². The molecule has 6 nitrogen and oxygen atoms in total. The van der Waals surface area contributed by atoms with Gasteiger partial charge in [0.25, 0.3) is 0 Å². The summed E-state index contributed by atoms with van der Waals surface area (Å²) in [7, 11) is -0.486. The zero-order valence-electron chi connectivity index (χ0n) is 20.4. The SMILES string of the molecule is C[Si](C)(C)C.C[Si](C)(C)O[SiH3].C[Si](C)(O[SiH3])O[SiH3].C[Si](O[SiH3])(O[SiH3])O[SiH3]. The first-order valence-electron chi connectivity index (χ1n) is 8.67. The van der Waals surface area contributed by atoms with Gasteiger partial charge in [-0.15, -0.1) is 0 Å². The fourth-order valence-corrected chi connectivity index (χ4v) is 9.00. The van der Waals surface area contributed by atoms with Gasteiger partial charge in [-0.05, 0) is 32.7 Å². The third-order valence-corrected chi connectivity index (χ3v) is 24.4. The van der Waals surface area contributed by atoms with E-state index in [2.05, 4.69) is 58.9 Å². The molecule has 0 saturated heterocycles. The van der Waals surface area contributed by atoms with Crippen LogP contribution in [-0.4, -0.2) is 96.7 Å². The molecule has 0 aromatic carbocycles. The minimum atomic E-state index is -1.99. The maximum Gasteiger partial charge on any atom is 0.464 e. The molecule has 0 N–H and O–H groups in total. The standard InChI is InChI=1S/C4H12Si.C3H12OSi2.C2H12O2Si3.CH12O3Si4/c1-5(2,3)4;1-6(2,3)4-5;1-7(2,3-5)4-6;1-8(2-5,3-6)4-7/h1-4H3;1-3,5H3;1-2,5-6H3;1,5-7H3. The van der Waals surface area contributed by atoms with Crippen LogP contribution in [0.3, 0.4) is 0 Å². The van der Waals surface area contributed by atoms with E-state index in [0.717, 1.165) is 62.9 Å². The molecule has 0 spiro atoms. The third kappa shape index (κ3) is 40.6. The monoisotopic (exact) mass is 544 g/mol. The van der Waals surface area contributed by atoms with Crippen molar-refractivity contribution >= 4 is 96.7 Å². The van der Waals surface area contributed by atoms with Gasteiger partial charge in [0, 0.05) is 14.6 Å². The van der Waals surface area contributed by atoms with Gasteiger partial charge in [0.05, 0.1) is 0 Å². The molecule has 0 aliphatic heterocycles. The molecule has 0 heterocycles. The van der Waals surface area contributed by atoms with E-state index in [1.165, 1.54) is 0 Å². The molecule has 0 aromatic rings. The molecule has 164 valence electrons. The molecular formula is C10H48O6Si10. The van der Waals surface area contributed by atoms with Gasteiger partial charge in [0.15, 0.2) is 8.32 Å². The minimum Gasteiger partial charge on any atom is -0.464 e. The zero-order chi connectivity index (χ0) is 22.2. The Morgan fingerprint density at radius 2 is 0.615 bits per heavy atom. The maximum absolute atomic E-state index is 5.22. The lowest BCUT2D eigenvalue weighted by Gasteiger charge is -2.20. The number of hydrogen-bond acceptors (Lipinski definition) is 6. The Bertz CT molecular complexity index is 285. The van der Waals surface area contributed by atoms with Gasteiger partial charge < -0.3 is 24.7 Å². The highest BCUT2D eigenvalue weighted by atomic mass is 28.5. The van der Waals surface area contributed by atoms with Crippen LogP contribution >= 0.6 is 0 Å². The summed E-state index contributed by atoms with van der Waals surface area (Å²) >= 11 is 0. The van der Waals surface area contributed by atoms with Crippen LogP contribution in [0.25, 0.3) is 0 Å². The van der Waals surface area contributed by atoms with Crippen molar-refractivity contribution in [2.45, 2.75) is 65.5 Å². The number of rotatable bonds is 6. The first-order chi connectivity index (χ1) is 11.4. The summed E-state index contributed by atoms with van der Waals surface area (Å²) in [4.78, 5) is 0. The van der Waals surface area contributed by atoms with E-state index in [0.29, 0.717) is 0 Å². The molecule has 0 bridgehead atoms. The summed E-state index contributed by atoms with van der Waals surface area (Å²) in [6, 6.07) is 0. The second-order valence-corrected chi connectivity index (χ2v) is 33.1. The van der Waals surface area contributed by atoms with Crippen LogP contribution in [0.5, 0.6) is 0 Å². The Labute approximate surface area is 186 Å². The average Bonchev–Trinajstić information content (AvgIpc) is 2.53. The van der Waals surface area contributed by atoms with E-state index in [4.69, 9.17) is 24.7 Å². The van der Waals surface area contributed by atoms with Gasteiger partial charge >= 0.3 is 17.4 Å². The smallest absolute Gasteiger partial charge is 0.464 e. The summed E-state index contributed by atoms with van der Waals surface area (Å²) in [6.07, 6.45) is 0. The van der Waals surface area contributed by atoms with Gasteiger partial charge in [-0.3, -0.25) is 0 Å². The summed E-state index contributed by atoms with van der Waals surface area (Å²) in [5, 5.41) is 0. The van der Waals surface area contributed by atoms with E-state index in [1.54, 1.807) is 0 Å². The molecule has 0 aromatic heterocycles. The van der Waals surface area contributed by atoms with Crippen LogP contribution in [-0.2, 0) is 24.7 Å². The van der Waals surface area contributed by atoms with Crippen LogP contribution in [0.4, 0.5) is 0 Å². The van der Waals surface area contributed by atoms with Crippen molar-refractivity contribution in [2.75, 3.05) is 0 Å². The molecular weight excluding hydrogens is 497 g/mol. The summed E-state index contributed by atoms with van der Waals surface area (Å²) in [5.74, 6) is 0. The molecule has 0 fully saturated rings. The highest BCUT2D eigenvalue weighted by Crippen LogP contribution is 2.01. The van der Waals surface area contributed by atoms with E-state index in [-0.39, 0.29) is 0 Å². The van der Waals surface area contributed by atoms with E-state index >= 15 is 0 Å². The van der Waals surface area contributed by atoms with Crippen molar-refractivity contribution < 1.29 is 24.7 Å². The predicted molar refractivity (Wildman–Crippen MR) is 148 cm³/mol. The second-order valence-electron chi connectivity index (χ2n) is 8.60. The van der Waals surface area contributed by atoms with Crippen LogP contribution in [0, 0.1) is 0 Å². The lowest BCUT2D eigenvalue weighted by Crippen LogP contribution is -2.40. The summed E-state index contributed by atoms with van der Waals surface area (Å²) in [5.41, 5.74) is 0. The Hall–Kier alpha value is 1.93. The van der Waals surface area contributed by atoms with Gasteiger partial charge in [-0.1, -0.05) is 26.2 Å². The van der Waals surface area contributed by atoms with E-state index in [9.17, 15) is 0 Å². The fourth-order valence-electron chi connectivity index (χ4n) is 0.333.